The third-order valence-electron chi connectivity index (χ3n) is 1.98. The van der Waals surface area contributed by atoms with Gasteiger partial charge in [-0.25, -0.2) is 8.42 Å². The van der Waals surface area contributed by atoms with Crippen LogP contribution in [0.25, 0.3) is 0 Å². The molecule has 0 spiro atoms. The topological polar surface area (TPSA) is 72.5 Å². The SMILES string of the molecule is CNC(CCSCCS(C)(=O)=O)C(=O)OC. The number of ether oxygens (including phenoxy) is 1. The quantitative estimate of drug-likeness (QED) is 0.491. The van der Waals surface area contributed by atoms with Crippen LogP contribution in [-0.2, 0) is 19.4 Å². The van der Waals surface area contributed by atoms with E-state index in [0.717, 1.165) is 5.75 Å². The molecular weight excluding hydrogens is 250 g/mol. The van der Waals surface area contributed by atoms with Gasteiger partial charge in [-0.05, 0) is 19.2 Å². The fourth-order valence-corrected chi connectivity index (χ4v) is 3.32. The van der Waals surface area contributed by atoms with Gasteiger partial charge in [0.15, 0.2) is 0 Å². The minimum atomic E-state index is -2.88. The summed E-state index contributed by atoms with van der Waals surface area (Å²) in [4.78, 5) is 11.2. The Morgan fingerprint density at radius 2 is 2.06 bits per heavy atom. The standard InChI is InChI=1S/C9H19NO4S2/c1-10-8(9(11)14-2)4-5-15-6-7-16(3,12)13/h8,10H,4-7H2,1-3H3. The van der Waals surface area contributed by atoms with Crippen molar-refractivity contribution in [3.05, 3.63) is 0 Å². The molecule has 0 aliphatic carbocycles. The normalized spacial score (nSPS) is 13.4. The molecule has 0 aromatic heterocycles. The van der Waals surface area contributed by atoms with E-state index in [1.807, 2.05) is 0 Å². The van der Waals surface area contributed by atoms with Crippen molar-refractivity contribution in [1.82, 2.24) is 5.32 Å². The van der Waals surface area contributed by atoms with Crippen LogP contribution < -0.4 is 5.32 Å². The fraction of sp³-hybridized carbons (Fsp3) is 0.889. The van der Waals surface area contributed by atoms with Crippen LogP contribution in [0, 0.1) is 0 Å². The highest BCUT2D eigenvalue weighted by Crippen LogP contribution is 2.06. The summed E-state index contributed by atoms with van der Waals surface area (Å²) in [6, 6.07) is -0.310. The lowest BCUT2D eigenvalue weighted by molar-refractivity contribution is -0.143. The molecule has 0 aliphatic rings. The fourth-order valence-electron chi connectivity index (χ4n) is 1.04. The Morgan fingerprint density at radius 1 is 1.44 bits per heavy atom. The highest BCUT2D eigenvalue weighted by molar-refractivity contribution is 8.00. The molecule has 16 heavy (non-hydrogen) atoms. The second-order valence-electron chi connectivity index (χ2n) is 3.40. The molecule has 0 aliphatic heterocycles. The molecule has 0 radical (unpaired) electrons. The van der Waals surface area contributed by atoms with Gasteiger partial charge in [0.2, 0.25) is 0 Å². The summed E-state index contributed by atoms with van der Waals surface area (Å²) in [7, 11) is 0.168. The van der Waals surface area contributed by atoms with E-state index in [0.29, 0.717) is 12.2 Å². The number of methoxy groups -OCH3 is 1. The number of hydrogen-bond acceptors (Lipinski definition) is 6. The van der Waals surface area contributed by atoms with Crippen molar-refractivity contribution >= 4 is 27.6 Å². The van der Waals surface area contributed by atoms with Crippen molar-refractivity contribution in [1.29, 1.82) is 0 Å². The third kappa shape index (κ3) is 7.95. The van der Waals surface area contributed by atoms with Crippen LogP contribution >= 0.6 is 11.8 Å². The first kappa shape index (κ1) is 15.7. The lowest BCUT2D eigenvalue weighted by Crippen LogP contribution is -2.35. The number of esters is 1. The summed E-state index contributed by atoms with van der Waals surface area (Å²) >= 11 is 1.52. The van der Waals surface area contributed by atoms with Crippen molar-refractivity contribution in [2.75, 3.05) is 37.7 Å². The summed E-state index contributed by atoms with van der Waals surface area (Å²) < 4.78 is 26.3. The van der Waals surface area contributed by atoms with Gasteiger partial charge in [-0.1, -0.05) is 0 Å². The minimum Gasteiger partial charge on any atom is -0.468 e. The van der Waals surface area contributed by atoms with Crippen LogP contribution in [0.3, 0.4) is 0 Å². The first-order valence-electron chi connectivity index (χ1n) is 4.91. The Morgan fingerprint density at radius 3 is 2.50 bits per heavy atom. The molecule has 1 unspecified atom stereocenters. The van der Waals surface area contributed by atoms with Gasteiger partial charge < -0.3 is 10.1 Å². The molecule has 0 bridgehead atoms. The molecule has 5 nitrogen and oxygen atoms in total. The zero-order chi connectivity index (χ0) is 12.6. The van der Waals surface area contributed by atoms with Gasteiger partial charge in [-0.2, -0.15) is 11.8 Å². The molecule has 0 aromatic rings. The first-order valence-corrected chi connectivity index (χ1v) is 8.12. The third-order valence-corrected chi connectivity index (χ3v) is 4.20. The maximum Gasteiger partial charge on any atom is 0.322 e. The molecule has 7 heteroatoms. The van der Waals surface area contributed by atoms with Crippen LogP contribution in [-0.4, -0.2) is 58.1 Å². The predicted octanol–water partition coefficient (Wildman–Crippen LogP) is -0.0847. The van der Waals surface area contributed by atoms with Crippen LogP contribution in [0.1, 0.15) is 6.42 Å². The smallest absolute Gasteiger partial charge is 0.322 e. The minimum absolute atomic E-state index is 0.181. The second-order valence-corrected chi connectivity index (χ2v) is 6.88. The molecule has 0 saturated heterocycles. The summed E-state index contributed by atoms with van der Waals surface area (Å²) in [5.74, 6) is 1.19. The average Bonchev–Trinajstić information content (AvgIpc) is 2.21. The van der Waals surface area contributed by atoms with Gasteiger partial charge >= 0.3 is 5.97 Å². The number of carbonyl (C=O) groups is 1. The Balaban J connectivity index is 3.68. The molecule has 0 amide bonds. The van der Waals surface area contributed by atoms with Gasteiger partial charge in [-0.3, -0.25) is 4.79 Å². The largest absolute Gasteiger partial charge is 0.468 e. The van der Waals surface area contributed by atoms with E-state index in [1.165, 1.54) is 25.1 Å². The average molecular weight is 269 g/mol. The maximum absolute atomic E-state index is 11.2. The molecule has 0 rings (SSSR count). The van der Waals surface area contributed by atoms with Crippen molar-refractivity contribution in [3.8, 4) is 0 Å². The molecule has 1 N–H and O–H groups in total. The zero-order valence-corrected chi connectivity index (χ0v) is 11.5. The number of thioether (sulfide) groups is 1. The monoisotopic (exact) mass is 269 g/mol. The number of likely N-dealkylation sites (N-methyl/N-ethyl adjacent to an activating group) is 1. The Kier molecular flexibility index (Phi) is 7.78. The maximum atomic E-state index is 11.2. The van der Waals surface area contributed by atoms with Crippen LogP contribution in [0.15, 0.2) is 0 Å². The Hall–Kier alpha value is -0.270. The molecule has 96 valence electrons. The van der Waals surface area contributed by atoms with Crippen molar-refractivity contribution < 1.29 is 17.9 Å². The van der Waals surface area contributed by atoms with E-state index in [1.54, 1.807) is 7.05 Å². The van der Waals surface area contributed by atoms with E-state index < -0.39 is 9.84 Å². The highest BCUT2D eigenvalue weighted by atomic mass is 32.2. The number of nitrogens with one attached hydrogen (secondary N) is 1. The van der Waals surface area contributed by atoms with Crippen molar-refractivity contribution in [2.24, 2.45) is 0 Å². The molecule has 1 atom stereocenters. The Labute approximate surface area is 101 Å². The molecule has 0 fully saturated rings. The highest BCUT2D eigenvalue weighted by Gasteiger charge is 2.15. The van der Waals surface area contributed by atoms with Gasteiger partial charge in [0.25, 0.3) is 0 Å². The molecular formula is C9H19NO4S2. The second kappa shape index (κ2) is 7.92. The van der Waals surface area contributed by atoms with Crippen LogP contribution in [0.2, 0.25) is 0 Å². The predicted molar refractivity (Wildman–Crippen MR) is 66.5 cm³/mol. The summed E-state index contributed by atoms with van der Waals surface area (Å²) in [6.07, 6.45) is 1.86. The van der Waals surface area contributed by atoms with Gasteiger partial charge in [-0.15, -0.1) is 0 Å². The van der Waals surface area contributed by atoms with E-state index in [2.05, 4.69) is 10.1 Å². The van der Waals surface area contributed by atoms with Crippen molar-refractivity contribution in [3.63, 3.8) is 0 Å². The first-order chi connectivity index (χ1) is 7.40. The summed E-state index contributed by atoms with van der Waals surface area (Å²) in [5.41, 5.74) is 0. The van der Waals surface area contributed by atoms with E-state index in [9.17, 15) is 13.2 Å². The van der Waals surface area contributed by atoms with Crippen molar-refractivity contribution in [2.45, 2.75) is 12.5 Å². The summed E-state index contributed by atoms with van der Waals surface area (Å²) in [6.45, 7) is 0. The zero-order valence-electron chi connectivity index (χ0n) is 9.86. The number of hydrogen-bond donors (Lipinski definition) is 1. The van der Waals surface area contributed by atoms with E-state index >= 15 is 0 Å². The van der Waals surface area contributed by atoms with Crippen LogP contribution in [0.5, 0.6) is 0 Å². The number of sulfone groups is 1. The number of carbonyl (C=O) groups excluding carboxylic acids is 1. The van der Waals surface area contributed by atoms with E-state index in [-0.39, 0.29) is 17.8 Å². The van der Waals surface area contributed by atoms with Crippen LogP contribution in [0.4, 0.5) is 0 Å². The summed E-state index contributed by atoms with van der Waals surface area (Å²) in [5, 5.41) is 2.85. The van der Waals surface area contributed by atoms with E-state index in [4.69, 9.17) is 0 Å². The Bertz CT molecular complexity index is 303. The molecule has 0 saturated carbocycles. The van der Waals surface area contributed by atoms with Gasteiger partial charge in [0.1, 0.15) is 15.9 Å². The van der Waals surface area contributed by atoms with Gasteiger partial charge in [0.05, 0.1) is 12.9 Å². The lowest BCUT2D eigenvalue weighted by Gasteiger charge is -2.12. The van der Waals surface area contributed by atoms with Gasteiger partial charge in [0, 0.05) is 12.0 Å². The molecule has 0 heterocycles. The number of rotatable bonds is 8. The lowest BCUT2D eigenvalue weighted by atomic mass is 10.2. The molecule has 0 aromatic carbocycles.